The monoisotopic (exact) mass is 301 g/mol. The van der Waals surface area contributed by atoms with Gasteiger partial charge in [-0.2, -0.15) is 11.8 Å². The lowest BCUT2D eigenvalue weighted by molar-refractivity contribution is -0.127. The van der Waals surface area contributed by atoms with E-state index >= 15 is 0 Å². The number of ether oxygens (including phenoxy) is 1. The van der Waals surface area contributed by atoms with Gasteiger partial charge in [0.15, 0.2) is 6.10 Å². The highest BCUT2D eigenvalue weighted by molar-refractivity contribution is 7.99. The Morgan fingerprint density at radius 3 is 2.75 bits per heavy atom. The first kappa shape index (κ1) is 16.8. The van der Waals surface area contributed by atoms with Crippen molar-refractivity contribution >= 4 is 17.7 Å². The van der Waals surface area contributed by atoms with E-state index in [9.17, 15) is 9.18 Å². The average Bonchev–Trinajstić information content (AvgIpc) is 2.45. The van der Waals surface area contributed by atoms with Crippen LogP contribution in [0.15, 0.2) is 24.3 Å². The summed E-state index contributed by atoms with van der Waals surface area (Å²) in [5, 5.41) is 11.4. The molecular weight excluding hydrogens is 281 g/mol. The summed E-state index contributed by atoms with van der Waals surface area (Å²) in [6.45, 7) is 2.41. The van der Waals surface area contributed by atoms with E-state index < -0.39 is 6.10 Å². The summed E-state index contributed by atoms with van der Waals surface area (Å²) in [6, 6.07) is 5.56. The fraction of sp³-hybridized carbons (Fsp3) is 0.500. The molecule has 1 unspecified atom stereocenters. The van der Waals surface area contributed by atoms with Crippen LogP contribution < -0.4 is 10.1 Å². The summed E-state index contributed by atoms with van der Waals surface area (Å²) in [5.74, 6) is 1.61. The highest BCUT2D eigenvalue weighted by atomic mass is 32.2. The molecule has 1 atom stereocenters. The van der Waals surface area contributed by atoms with Crippen LogP contribution in [0.5, 0.6) is 5.75 Å². The maximum absolute atomic E-state index is 12.7. The number of thioether (sulfide) groups is 1. The molecule has 0 fully saturated rings. The summed E-state index contributed by atoms with van der Waals surface area (Å²) in [7, 11) is 0. The first-order chi connectivity index (χ1) is 9.63. The molecule has 1 aromatic rings. The van der Waals surface area contributed by atoms with Crippen molar-refractivity contribution in [3.05, 3.63) is 30.1 Å². The summed E-state index contributed by atoms with van der Waals surface area (Å²) in [6.07, 6.45) is 0.144. The minimum absolute atomic E-state index is 0.196. The molecule has 0 radical (unpaired) electrons. The number of halogens is 1. The lowest BCUT2D eigenvalue weighted by atomic mass is 10.3. The SMILES string of the molecule is CC(Oc1ccc(F)cc1)C(=O)NCCSCCCO. The molecule has 1 aromatic carbocycles. The minimum Gasteiger partial charge on any atom is -0.481 e. The average molecular weight is 301 g/mol. The molecule has 0 aromatic heterocycles. The molecule has 0 aliphatic rings. The molecule has 0 heterocycles. The van der Waals surface area contributed by atoms with Crippen LogP contribution in [-0.4, -0.2) is 41.8 Å². The number of rotatable bonds is 9. The summed E-state index contributed by atoms with van der Waals surface area (Å²) < 4.78 is 18.1. The quantitative estimate of drug-likeness (QED) is 0.683. The van der Waals surface area contributed by atoms with E-state index in [1.54, 1.807) is 18.7 Å². The maximum Gasteiger partial charge on any atom is 0.260 e. The van der Waals surface area contributed by atoms with Crippen LogP contribution in [0.3, 0.4) is 0 Å². The van der Waals surface area contributed by atoms with Crippen molar-refractivity contribution in [2.45, 2.75) is 19.4 Å². The Bertz CT molecular complexity index is 400. The maximum atomic E-state index is 12.7. The summed E-state index contributed by atoms with van der Waals surface area (Å²) in [5.41, 5.74) is 0. The molecule has 20 heavy (non-hydrogen) atoms. The van der Waals surface area contributed by atoms with Crippen LogP contribution in [0.1, 0.15) is 13.3 Å². The van der Waals surface area contributed by atoms with Crippen LogP contribution in [0.25, 0.3) is 0 Å². The molecule has 0 spiro atoms. The topological polar surface area (TPSA) is 58.6 Å². The molecular formula is C14H20FNO3S. The molecule has 0 saturated carbocycles. The Balaban J connectivity index is 2.20. The molecule has 0 bridgehead atoms. The summed E-state index contributed by atoms with van der Waals surface area (Å²) >= 11 is 1.68. The number of aliphatic hydroxyl groups is 1. The molecule has 4 nitrogen and oxygen atoms in total. The number of carbonyl (C=O) groups excluding carboxylic acids is 1. The fourth-order valence-corrected chi connectivity index (χ4v) is 2.21. The van der Waals surface area contributed by atoms with Crippen LogP contribution >= 0.6 is 11.8 Å². The van der Waals surface area contributed by atoms with Crippen molar-refractivity contribution in [1.29, 1.82) is 0 Å². The zero-order valence-electron chi connectivity index (χ0n) is 11.5. The first-order valence-corrected chi connectivity index (χ1v) is 7.67. The van der Waals surface area contributed by atoms with E-state index in [1.165, 1.54) is 24.3 Å². The smallest absolute Gasteiger partial charge is 0.260 e. The Morgan fingerprint density at radius 2 is 2.10 bits per heavy atom. The molecule has 0 aliphatic carbocycles. The van der Waals surface area contributed by atoms with E-state index in [0.717, 1.165) is 17.9 Å². The molecule has 2 N–H and O–H groups in total. The van der Waals surface area contributed by atoms with Gasteiger partial charge in [-0.05, 0) is 43.4 Å². The van der Waals surface area contributed by atoms with Crippen molar-refractivity contribution in [1.82, 2.24) is 5.32 Å². The first-order valence-electron chi connectivity index (χ1n) is 6.52. The highest BCUT2D eigenvalue weighted by Crippen LogP contribution is 2.13. The molecule has 1 amide bonds. The van der Waals surface area contributed by atoms with Gasteiger partial charge in [-0.25, -0.2) is 4.39 Å². The normalized spacial score (nSPS) is 11.9. The second-order valence-corrected chi connectivity index (χ2v) is 5.42. The largest absolute Gasteiger partial charge is 0.481 e. The van der Waals surface area contributed by atoms with Crippen molar-refractivity contribution in [2.75, 3.05) is 24.7 Å². The number of nitrogens with one attached hydrogen (secondary N) is 1. The number of aliphatic hydroxyl groups excluding tert-OH is 1. The van der Waals surface area contributed by atoms with Gasteiger partial charge in [-0.1, -0.05) is 0 Å². The fourth-order valence-electron chi connectivity index (χ4n) is 1.43. The number of benzene rings is 1. The van der Waals surface area contributed by atoms with Crippen molar-refractivity contribution < 1.29 is 19.0 Å². The van der Waals surface area contributed by atoms with E-state index in [4.69, 9.17) is 9.84 Å². The van der Waals surface area contributed by atoms with E-state index in [0.29, 0.717) is 12.3 Å². The van der Waals surface area contributed by atoms with Gasteiger partial charge < -0.3 is 15.2 Å². The van der Waals surface area contributed by atoms with Gasteiger partial charge in [0.25, 0.3) is 5.91 Å². The second-order valence-electron chi connectivity index (χ2n) is 4.19. The van der Waals surface area contributed by atoms with E-state index in [1.807, 2.05) is 0 Å². The molecule has 0 saturated heterocycles. The van der Waals surface area contributed by atoms with Gasteiger partial charge in [0.05, 0.1) is 0 Å². The van der Waals surface area contributed by atoms with Crippen LogP contribution in [0.2, 0.25) is 0 Å². The number of carbonyl (C=O) groups is 1. The Kier molecular flexibility index (Phi) is 8.06. The predicted octanol–water partition coefficient (Wildman–Crippen LogP) is 1.82. The third kappa shape index (κ3) is 6.77. The molecule has 6 heteroatoms. The molecule has 0 aliphatic heterocycles. The third-order valence-corrected chi connectivity index (χ3v) is 3.56. The number of hydrogen-bond donors (Lipinski definition) is 2. The van der Waals surface area contributed by atoms with Gasteiger partial charge in [0, 0.05) is 18.9 Å². The lowest BCUT2D eigenvalue weighted by Gasteiger charge is -2.14. The van der Waals surface area contributed by atoms with Gasteiger partial charge in [-0.15, -0.1) is 0 Å². The lowest BCUT2D eigenvalue weighted by Crippen LogP contribution is -2.37. The molecule has 1 rings (SSSR count). The van der Waals surface area contributed by atoms with Gasteiger partial charge in [0.1, 0.15) is 11.6 Å². The van der Waals surface area contributed by atoms with E-state index in [2.05, 4.69) is 5.32 Å². The van der Waals surface area contributed by atoms with E-state index in [-0.39, 0.29) is 18.3 Å². The Labute approximate surface area is 122 Å². The van der Waals surface area contributed by atoms with Crippen molar-refractivity contribution in [2.24, 2.45) is 0 Å². The van der Waals surface area contributed by atoms with Gasteiger partial charge in [-0.3, -0.25) is 4.79 Å². The Morgan fingerprint density at radius 1 is 1.40 bits per heavy atom. The second kappa shape index (κ2) is 9.61. The number of amides is 1. The predicted molar refractivity (Wildman–Crippen MR) is 78.5 cm³/mol. The zero-order valence-corrected chi connectivity index (χ0v) is 12.3. The Hall–Kier alpha value is -1.27. The standard InChI is InChI=1S/C14H20FNO3S/c1-11(19-13-5-3-12(15)4-6-13)14(18)16-7-10-20-9-2-8-17/h3-6,11,17H,2,7-10H2,1H3,(H,16,18). The van der Waals surface area contributed by atoms with Crippen LogP contribution in [-0.2, 0) is 4.79 Å². The molecule has 112 valence electrons. The van der Waals surface area contributed by atoms with Gasteiger partial charge in [0.2, 0.25) is 0 Å². The van der Waals surface area contributed by atoms with Crippen LogP contribution in [0, 0.1) is 5.82 Å². The zero-order chi connectivity index (χ0) is 14.8. The van der Waals surface area contributed by atoms with Crippen molar-refractivity contribution in [3.63, 3.8) is 0 Å². The van der Waals surface area contributed by atoms with Crippen LogP contribution in [0.4, 0.5) is 4.39 Å². The van der Waals surface area contributed by atoms with Crippen molar-refractivity contribution in [3.8, 4) is 5.75 Å². The third-order valence-electron chi connectivity index (χ3n) is 2.49. The van der Waals surface area contributed by atoms with Gasteiger partial charge >= 0.3 is 0 Å². The highest BCUT2D eigenvalue weighted by Gasteiger charge is 2.13. The summed E-state index contributed by atoms with van der Waals surface area (Å²) in [4.78, 5) is 11.7. The minimum atomic E-state index is -0.622. The number of hydrogen-bond acceptors (Lipinski definition) is 4.